The summed E-state index contributed by atoms with van der Waals surface area (Å²) in [7, 11) is 1.53. The van der Waals surface area contributed by atoms with Crippen LogP contribution in [-0.2, 0) is 0 Å². The number of carbonyl (C=O) groups is 1. The molecule has 2 rings (SSSR count). The number of hydrogen-bond acceptors (Lipinski definition) is 4. The van der Waals surface area contributed by atoms with E-state index in [4.69, 9.17) is 17.0 Å². The number of aromatic nitrogens is 1. The van der Waals surface area contributed by atoms with Crippen molar-refractivity contribution >= 4 is 60.9 Å². The van der Waals surface area contributed by atoms with Crippen molar-refractivity contribution in [1.29, 1.82) is 0 Å². The Balaban J connectivity index is 2.14. The van der Waals surface area contributed by atoms with Crippen LogP contribution >= 0.6 is 44.1 Å². The number of pyridine rings is 1. The van der Waals surface area contributed by atoms with E-state index in [2.05, 4.69) is 47.5 Å². The number of benzene rings is 1. The van der Waals surface area contributed by atoms with Crippen molar-refractivity contribution in [3.63, 3.8) is 0 Å². The number of ether oxygens (including phenoxy) is 1. The van der Waals surface area contributed by atoms with Crippen LogP contribution in [0.3, 0.4) is 0 Å². The monoisotopic (exact) mass is 471 g/mol. The Labute approximate surface area is 162 Å². The predicted molar refractivity (Wildman–Crippen MR) is 106 cm³/mol. The smallest absolute Gasteiger partial charge is 0.261 e. The van der Waals surface area contributed by atoms with Crippen molar-refractivity contribution in [3.8, 4) is 5.75 Å². The standard InChI is InChI=1S/C16H15Br2N3O2S/c1-8-6-10(17)7-11(14(8)23-3)15(22)21-16(24)20-13-5-4-12(18)9(2)19-13/h4-7H,1-3H3,(H2,19,20,21,22,24). The van der Waals surface area contributed by atoms with Crippen LogP contribution in [0.4, 0.5) is 5.82 Å². The lowest BCUT2D eigenvalue weighted by Gasteiger charge is -2.13. The Hall–Kier alpha value is -1.51. The van der Waals surface area contributed by atoms with E-state index >= 15 is 0 Å². The van der Waals surface area contributed by atoms with E-state index in [1.54, 1.807) is 12.1 Å². The quantitative estimate of drug-likeness (QED) is 0.650. The lowest BCUT2D eigenvalue weighted by molar-refractivity contribution is 0.0974. The third-order valence-corrected chi connectivity index (χ3v) is 4.68. The fourth-order valence-corrected chi connectivity index (χ4v) is 3.09. The first-order chi connectivity index (χ1) is 11.3. The number of nitrogens with zero attached hydrogens (tertiary/aromatic N) is 1. The van der Waals surface area contributed by atoms with Crippen LogP contribution in [0.1, 0.15) is 21.6 Å². The maximum atomic E-state index is 12.5. The van der Waals surface area contributed by atoms with Crippen LogP contribution in [0.25, 0.3) is 0 Å². The molecular formula is C16H15Br2N3O2S. The number of hydrogen-bond donors (Lipinski definition) is 2. The molecule has 2 N–H and O–H groups in total. The van der Waals surface area contributed by atoms with Gasteiger partial charge >= 0.3 is 0 Å². The van der Waals surface area contributed by atoms with Crippen molar-refractivity contribution < 1.29 is 9.53 Å². The van der Waals surface area contributed by atoms with Gasteiger partial charge in [-0.2, -0.15) is 0 Å². The van der Waals surface area contributed by atoms with Crippen LogP contribution in [0.15, 0.2) is 33.2 Å². The van der Waals surface area contributed by atoms with Gasteiger partial charge in [0.15, 0.2) is 5.11 Å². The first-order valence-corrected chi connectivity index (χ1v) is 8.91. The Kier molecular flexibility index (Phi) is 6.31. The van der Waals surface area contributed by atoms with Gasteiger partial charge in [0.25, 0.3) is 5.91 Å². The second-order valence-electron chi connectivity index (χ2n) is 4.98. The molecule has 0 saturated carbocycles. The van der Waals surface area contributed by atoms with Gasteiger partial charge in [-0.3, -0.25) is 10.1 Å². The van der Waals surface area contributed by atoms with Crippen molar-refractivity contribution in [3.05, 3.63) is 50.0 Å². The molecule has 0 atom stereocenters. The normalized spacial score (nSPS) is 10.2. The van der Waals surface area contributed by atoms with E-state index in [1.807, 2.05) is 26.0 Å². The van der Waals surface area contributed by atoms with Crippen LogP contribution in [0.2, 0.25) is 0 Å². The Morgan fingerprint density at radius 3 is 2.58 bits per heavy atom. The molecule has 1 aromatic heterocycles. The highest BCUT2D eigenvalue weighted by molar-refractivity contribution is 9.10. The SMILES string of the molecule is COc1c(C)cc(Br)cc1C(=O)NC(=S)Nc1ccc(Br)c(C)n1. The first kappa shape index (κ1) is 18.8. The second-order valence-corrected chi connectivity index (χ2v) is 7.15. The summed E-state index contributed by atoms with van der Waals surface area (Å²) >= 11 is 12.0. The Bertz CT molecular complexity index is 812. The van der Waals surface area contributed by atoms with Gasteiger partial charge in [-0.15, -0.1) is 0 Å². The summed E-state index contributed by atoms with van der Waals surface area (Å²) in [5, 5.41) is 5.69. The predicted octanol–water partition coefficient (Wildman–Crippen LogP) is 4.36. The molecule has 0 fully saturated rings. The van der Waals surface area contributed by atoms with E-state index in [9.17, 15) is 4.79 Å². The minimum atomic E-state index is -0.359. The molecule has 0 bridgehead atoms. The van der Waals surface area contributed by atoms with Gasteiger partial charge in [0.2, 0.25) is 0 Å². The Morgan fingerprint density at radius 2 is 1.96 bits per heavy atom. The van der Waals surface area contributed by atoms with E-state index in [1.165, 1.54) is 7.11 Å². The minimum absolute atomic E-state index is 0.161. The van der Waals surface area contributed by atoms with E-state index < -0.39 is 0 Å². The summed E-state index contributed by atoms with van der Waals surface area (Å²) in [6.07, 6.45) is 0. The number of rotatable bonds is 3. The van der Waals surface area contributed by atoms with Crippen LogP contribution in [-0.4, -0.2) is 23.1 Å². The van der Waals surface area contributed by atoms with Crippen molar-refractivity contribution in [1.82, 2.24) is 10.3 Å². The number of nitrogens with one attached hydrogen (secondary N) is 2. The second kappa shape index (κ2) is 8.04. The van der Waals surface area contributed by atoms with Gasteiger partial charge in [-0.1, -0.05) is 15.9 Å². The molecule has 5 nitrogen and oxygen atoms in total. The van der Waals surface area contributed by atoms with Crippen LogP contribution in [0, 0.1) is 13.8 Å². The summed E-state index contributed by atoms with van der Waals surface area (Å²) in [6, 6.07) is 7.18. The van der Waals surface area contributed by atoms with E-state index in [-0.39, 0.29) is 11.0 Å². The van der Waals surface area contributed by atoms with Gasteiger partial charge in [-0.25, -0.2) is 4.98 Å². The highest BCUT2D eigenvalue weighted by Crippen LogP contribution is 2.27. The summed E-state index contributed by atoms with van der Waals surface area (Å²) in [5.41, 5.74) is 2.06. The van der Waals surface area contributed by atoms with Crippen LogP contribution in [0.5, 0.6) is 5.75 Å². The fourth-order valence-electron chi connectivity index (χ4n) is 2.10. The number of carbonyl (C=O) groups excluding carboxylic acids is 1. The molecule has 126 valence electrons. The number of thiocarbonyl (C=S) groups is 1. The highest BCUT2D eigenvalue weighted by Gasteiger charge is 2.17. The first-order valence-electron chi connectivity index (χ1n) is 6.91. The maximum absolute atomic E-state index is 12.5. The number of halogens is 2. The molecule has 1 aromatic carbocycles. The molecule has 24 heavy (non-hydrogen) atoms. The zero-order valence-electron chi connectivity index (χ0n) is 13.2. The summed E-state index contributed by atoms with van der Waals surface area (Å²) < 4.78 is 7.01. The number of anilines is 1. The number of methoxy groups -OCH3 is 1. The summed E-state index contributed by atoms with van der Waals surface area (Å²) in [5.74, 6) is 0.706. The largest absolute Gasteiger partial charge is 0.496 e. The minimum Gasteiger partial charge on any atom is -0.496 e. The zero-order valence-corrected chi connectivity index (χ0v) is 17.2. The average Bonchev–Trinajstić information content (AvgIpc) is 2.50. The van der Waals surface area contributed by atoms with Gasteiger partial charge < -0.3 is 10.1 Å². The lowest BCUT2D eigenvalue weighted by Crippen LogP contribution is -2.34. The molecule has 0 saturated heterocycles. The third-order valence-electron chi connectivity index (χ3n) is 3.18. The summed E-state index contributed by atoms with van der Waals surface area (Å²) in [6.45, 7) is 3.73. The molecule has 0 aliphatic heterocycles. The molecule has 0 aliphatic carbocycles. The third kappa shape index (κ3) is 4.52. The van der Waals surface area contributed by atoms with Gasteiger partial charge in [0.05, 0.1) is 18.4 Å². The Morgan fingerprint density at radius 1 is 1.25 bits per heavy atom. The number of aryl methyl sites for hydroxylation is 2. The molecular weight excluding hydrogens is 458 g/mol. The van der Waals surface area contributed by atoms with E-state index in [0.29, 0.717) is 17.1 Å². The molecule has 0 unspecified atom stereocenters. The molecule has 1 amide bonds. The zero-order chi connectivity index (χ0) is 17.9. The fraction of sp³-hybridized carbons (Fsp3) is 0.188. The number of amides is 1. The van der Waals surface area contributed by atoms with Gasteiger partial charge in [-0.05, 0) is 71.8 Å². The van der Waals surface area contributed by atoms with Crippen LogP contribution < -0.4 is 15.4 Å². The van der Waals surface area contributed by atoms with Gasteiger partial charge in [0, 0.05) is 8.95 Å². The highest BCUT2D eigenvalue weighted by atomic mass is 79.9. The van der Waals surface area contributed by atoms with Crippen molar-refractivity contribution in [2.45, 2.75) is 13.8 Å². The van der Waals surface area contributed by atoms with E-state index in [0.717, 1.165) is 20.2 Å². The molecule has 8 heteroatoms. The molecule has 1 heterocycles. The molecule has 0 radical (unpaired) electrons. The van der Waals surface area contributed by atoms with Crippen molar-refractivity contribution in [2.75, 3.05) is 12.4 Å². The molecule has 0 aliphatic rings. The topological polar surface area (TPSA) is 63.2 Å². The van der Waals surface area contributed by atoms with Crippen molar-refractivity contribution in [2.24, 2.45) is 0 Å². The lowest BCUT2D eigenvalue weighted by atomic mass is 10.1. The molecule has 2 aromatic rings. The average molecular weight is 473 g/mol. The maximum Gasteiger partial charge on any atom is 0.261 e. The molecule has 0 spiro atoms. The summed E-state index contributed by atoms with van der Waals surface area (Å²) in [4.78, 5) is 16.8. The van der Waals surface area contributed by atoms with Gasteiger partial charge in [0.1, 0.15) is 11.6 Å².